The Morgan fingerprint density at radius 2 is 1.80 bits per heavy atom. The SMILES string of the molecule is O=[N+]([O-])c1ccc(NCCNc2ncc(-c3ncc[nH]3)c(-c3ccccc3)n2)nc1. The molecule has 0 saturated carbocycles. The van der Waals surface area contributed by atoms with Crippen LogP contribution in [0.5, 0.6) is 0 Å². The van der Waals surface area contributed by atoms with Gasteiger partial charge < -0.3 is 15.6 Å². The van der Waals surface area contributed by atoms with E-state index in [4.69, 9.17) is 0 Å². The fourth-order valence-corrected chi connectivity index (χ4v) is 2.83. The van der Waals surface area contributed by atoms with Gasteiger partial charge in [-0.2, -0.15) is 0 Å². The number of nitrogens with zero attached hydrogens (tertiary/aromatic N) is 5. The van der Waals surface area contributed by atoms with E-state index in [1.165, 1.54) is 12.3 Å². The van der Waals surface area contributed by atoms with Crippen LogP contribution in [0.1, 0.15) is 0 Å². The van der Waals surface area contributed by atoms with E-state index < -0.39 is 4.92 Å². The minimum Gasteiger partial charge on any atom is -0.368 e. The first kappa shape index (κ1) is 19.0. The fraction of sp³-hybridized carbons (Fsp3) is 0.100. The summed E-state index contributed by atoms with van der Waals surface area (Å²) in [6.45, 7) is 1.07. The van der Waals surface area contributed by atoms with Crippen molar-refractivity contribution in [3.05, 3.63) is 77.4 Å². The van der Waals surface area contributed by atoms with Gasteiger partial charge in [0, 0.05) is 43.3 Å². The van der Waals surface area contributed by atoms with E-state index in [1.807, 2.05) is 30.3 Å². The number of H-pyrrole nitrogens is 1. The number of pyridine rings is 1. The molecule has 0 saturated heterocycles. The predicted molar refractivity (Wildman–Crippen MR) is 113 cm³/mol. The minimum atomic E-state index is -0.480. The number of aromatic nitrogens is 5. The van der Waals surface area contributed by atoms with Crippen LogP contribution in [0.15, 0.2) is 67.3 Å². The number of nitro groups is 1. The summed E-state index contributed by atoms with van der Waals surface area (Å²) in [5.41, 5.74) is 2.50. The maximum Gasteiger partial charge on any atom is 0.287 e. The average Bonchev–Trinajstić information content (AvgIpc) is 3.32. The molecule has 3 N–H and O–H groups in total. The zero-order chi connectivity index (χ0) is 20.8. The molecule has 3 aromatic heterocycles. The molecular formula is C20H18N8O2. The second-order valence-corrected chi connectivity index (χ2v) is 6.27. The maximum atomic E-state index is 10.7. The van der Waals surface area contributed by atoms with Gasteiger partial charge in [0.05, 0.1) is 16.2 Å². The lowest BCUT2D eigenvalue weighted by molar-refractivity contribution is -0.385. The molecule has 3 heterocycles. The smallest absolute Gasteiger partial charge is 0.287 e. The average molecular weight is 402 g/mol. The first-order valence-electron chi connectivity index (χ1n) is 9.21. The molecule has 1 aromatic carbocycles. The van der Waals surface area contributed by atoms with Gasteiger partial charge in [-0.05, 0) is 6.07 Å². The number of hydrogen-bond donors (Lipinski definition) is 3. The number of hydrogen-bond acceptors (Lipinski definition) is 8. The van der Waals surface area contributed by atoms with Gasteiger partial charge in [-0.25, -0.2) is 19.9 Å². The number of nitrogens with one attached hydrogen (secondary N) is 3. The molecule has 4 aromatic rings. The molecule has 150 valence electrons. The molecule has 0 bridgehead atoms. The summed E-state index contributed by atoms with van der Waals surface area (Å²) < 4.78 is 0. The summed E-state index contributed by atoms with van der Waals surface area (Å²) in [5, 5.41) is 16.9. The van der Waals surface area contributed by atoms with Crippen molar-refractivity contribution < 1.29 is 4.92 Å². The second kappa shape index (κ2) is 8.78. The van der Waals surface area contributed by atoms with Crippen LogP contribution in [0.2, 0.25) is 0 Å². The normalized spacial score (nSPS) is 10.5. The first-order valence-corrected chi connectivity index (χ1v) is 9.21. The number of aromatic amines is 1. The Balaban J connectivity index is 1.44. The second-order valence-electron chi connectivity index (χ2n) is 6.27. The van der Waals surface area contributed by atoms with Crippen LogP contribution in [0.25, 0.3) is 22.6 Å². The van der Waals surface area contributed by atoms with Crippen molar-refractivity contribution in [2.24, 2.45) is 0 Å². The van der Waals surface area contributed by atoms with E-state index in [1.54, 1.807) is 24.7 Å². The van der Waals surface area contributed by atoms with E-state index in [2.05, 4.69) is 35.6 Å². The monoisotopic (exact) mass is 402 g/mol. The molecule has 0 aliphatic carbocycles. The number of benzene rings is 1. The summed E-state index contributed by atoms with van der Waals surface area (Å²) >= 11 is 0. The Hall–Kier alpha value is -4.34. The van der Waals surface area contributed by atoms with Crippen molar-refractivity contribution in [1.82, 2.24) is 24.9 Å². The Labute approximate surface area is 171 Å². The van der Waals surface area contributed by atoms with Crippen molar-refractivity contribution in [3.8, 4) is 22.6 Å². The zero-order valence-corrected chi connectivity index (χ0v) is 15.8. The molecule has 0 unspecified atom stereocenters. The third kappa shape index (κ3) is 4.38. The van der Waals surface area contributed by atoms with Crippen molar-refractivity contribution >= 4 is 17.5 Å². The van der Waals surface area contributed by atoms with Gasteiger partial charge in [-0.1, -0.05) is 30.3 Å². The zero-order valence-electron chi connectivity index (χ0n) is 15.8. The molecule has 4 rings (SSSR count). The van der Waals surface area contributed by atoms with Gasteiger partial charge in [0.25, 0.3) is 5.69 Å². The van der Waals surface area contributed by atoms with Gasteiger partial charge >= 0.3 is 0 Å². The highest BCUT2D eigenvalue weighted by molar-refractivity contribution is 5.77. The topological polar surface area (TPSA) is 135 Å². The maximum absolute atomic E-state index is 10.7. The largest absolute Gasteiger partial charge is 0.368 e. The van der Waals surface area contributed by atoms with Gasteiger partial charge in [-0.3, -0.25) is 10.1 Å². The lowest BCUT2D eigenvalue weighted by Crippen LogP contribution is -2.16. The highest BCUT2D eigenvalue weighted by Gasteiger charge is 2.13. The molecule has 0 fully saturated rings. The third-order valence-corrected chi connectivity index (χ3v) is 4.26. The Morgan fingerprint density at radius 3 is 2.50 bits per heavy atom. The van der Waals surface area contributed by atoms with Crippen LogP contribution in [0, 0.1) is 10.1 Å². The summed E-state index contributed by atoms with van der Waals surface area (Å²) in [6.07, 6.45) is 6.41. The molecule has 0 atom stereocenters. The minimum absolute atomic E-state index is 0.0443. The molecule has 10 nitrogen and oxygen atoms in total. The van der Waals surface area contributed by atoms with Crippen LogP contribution in [0.3, 0.4) is 0 Å². The van der Waals surface area contributed by atoms with E-state index in [0.717, 1.165) is 16.8 Å². The molecular weight excluding hydrogens is 384 g/mol. The number of anilines is 2. The van der Waals surface area contributed by atoms with E-state index in [9.17, 15) is 10.1 Å². The lowest BCUT2D eigenvalue weighted by Gasteiger charge is -2.11. The van der Waals surface area contributed by atoms with E-state index in [0.29, 0.717) is 30.7 Å². The van der Waals surface area contributed by atoms with Crippen molar-refractivity contribution in [1.29, 1.82) is 0 Å². The fourth-order valence-electron chi connectivity index (χ4n) is 2.83. The highest BCUT2D eigenvalue weighted by Crippen LogP contribution is 2.28. The molecule has 10 heteroatoms. The Kier molecular flexibility index (Phi) is 5.56. The quantitative estimate of drug-likeness (QED) is 0.232. The van der Waals surface area contributed by atoms with Crippen LogP contribution < -0.4 is 10.6 Å². The summed E-state index contributed by atoms with van der Waals surface area (Å²) in [6, 6.07) is 12.8. The molecule has 0 spiro atoms. The lowest BCUT2D eigenvalue weighted by atomic mass is 10.1. The molecule has 30 heavy (non-hydrogen) atoms. The van der Waals surface area contributed by atoms with Crippen LogP contribution in [-0.2, 0) is 0 Å². The van der Waals surface area contributed by atoms with Crippen LogP contribution >= 0.6 is 0 Å². The summed E-state index contributed by atoms with van der Waals surface area (Å²) in [4.78, 5) is 30.7. The molecule has 0 aliphatic heterocycles. The van der Waals surface area contributed by atoms with Crippen LogP contribution in [0.4, 0.5) is 17.5 Å². The third-order valence-electron chi connectivity index (χ3n) is 4.26. The summed E-state index contributed by atoms with van der Waals surface area (Å²) in [7, 11) is 0. The Morgan fingerprint density at radius 1 is 0.967 bits per heavy atom. The van der Waals surface area contributed by atoms with Crippen molar-refractivity contribution in [3.63, 3.8) is 0 Å². The van der Waals surface area contributed by atoms with Crippen LogP contribution in [-0.4, -0.2) is 42.9 Å². The van der Waals surface area contributed by atoms with Crippen molar-refractivity contribution in [2.75, 3.05) is 23.7 Å². The van der Waals surface area contributed by atoms with E-state index in [-0.39, 0.29) is 5.69 Å². The van der Waals surface area contributed by atoms with Crippen molar-refractivity contribution in [2.45, 2.75) is 0 Å². The molecule has 0 aliphatic rings. The Bertz CT molecular complexity index is 1120. The van der Waals surface area contributed by atoms with Gasteiger partial charge in [0.2, 0.25) is 5.95 Å². The highest BCUT2D eigenvalue weighted by atomic mass is 16.6. The first-order chi connectivity index (χ1) is 14.7. The predicted octanol–water partition coefficient (Wildman–Crippen LogP) is 3.36. The van der Waals surface area contributed by atoms with Gasteiger partial charge in [-0.15, -0.1) is 0 Å². The van der Waals surface area contributed by atoms with Gasteiger partial charge in [0.15, 0.2) is 0 Å². The van der Waals surface area contributed by atoms with Gasteiger partial charge in [0.1, 0.15) is 17.8 Å². The molecule has 0 radical (unpaired) electrons. The standard InChI is InChI=1S/C20H18N8O2/c29-28(30)15-6-7-17(25-12-15)21-8-11-24-20-26-13-16(19-22-9-10-23-19)18(27-20)14-4-2-1-3-5-14/h1-7,9-10,12-13H,8,11H2,(H,21,25)(H,22,23)(H,24,26,27). The van der Waals surface area contributed by atoms with E-state index >= 15 is 0 Å². The number of rotatable bonds is 8. The molecule has 0 amide bonds. The summed E-state index contributed by atoms with van der Waals surface area (Å²) in [5.74, 6) is 1.75. The number of imidazole rings is 1.